The average molecular weight is 292 g/mol. The second kappa shape index (κ2) is 7.68. The predicted octanol–water partition coefficient (Wildman–Crippen LogP) is -0.535. The van der Waals surface area contributed by atoms with Gasteiger partial charge in [-0.1, -0.05) is 0 Å². The van der Waals surface area contributed by atoms with Gasteiger partial charge >= 0.3 is 0 Å². The standard InChI is InChI=1S/C14H32N2O4/c1-9(17)5-13(15,6-10(2)18)14(16,7-11(3)19)8-12(4)20/h9-12,17-20H,5-8,15-16H2,1-4H3. The molecule has 0 saturated carbocycles. The van der Waals surface area contributed by atoms with Gasteiger partial charge in [-0.05, 0) is 53.4 Å². The first kappa shape index (κ1) is 19.8. The smallest absolute Gasteiger partial charge is 0.0530 e. The molecule has 0 aliphatic heterocycles. The van der Waals surface area contributed by atoms with E-state index < -0.39 is 35.5 Å². The molecule has 0 bridgehead atoms. The maximum absolute atomic E-state index is 9.69. The van der Waals surface area contributed by atoms with E-state index in [4.69, 9.17) is 11.5 Å². The topological polar surface area (TPSA) is 133 Å². The predicted molar refractivity (Wildman–Crippen MR) is 79.0 cm³/mol. The van der Waals surface area contributed by atoms with E-state index in [0.717, 1.165) is 0 Å². The molecule has 0 aromatic heterocycles. The number of aliphatic hydroxyl groups is 4. The Balaban J connectivity index is 5.47. The van der Waals surface area contributed by atoms with Crippen LogP contribution in [0.1, 0.15) is 53.4 Å². The van der Waals surface area contributed by atoms with Gasteiger partial charge in [0.05, 0.1) is 24.4 Å². The summed E-state index contributed by atoms with van der Waals surface area (Å²) in [6.45, 7) is 6.42. The van der Waals surface area contributed by atoms with Crippen LogP contribution in [-0.2, 0) is 0 Å². The van der Waals surface area contributed by atoms with Crippen molar-refractivity contribution in [3.05, 3.63) is 0 Å². The number of hydrogen-bond acceptors (Lipinski definition) is 6. The fourth-order valence-electron chi connectivity index (χ4n) is 3.09. The summed E-state index contributed by atoms with van der Waals surface area (Å²) in [5.41, 5.74) is 10.7. The zero-order chi connectivity index (χ0) is 16.1. The summed E-state index contributed by atoms with van der Waals surface area (Å²) in [7, 11) is 0. The Labute approximate surface area is 121 Å². The molecular formula is C14H32N2O4. The van der Waals surface area contributed by atoms with Crippen LogP contribution in [0.4, 0.5) is 0 Å². The van der Waals surface area contributed by atoms with Crippen LogP contribution in [-0.4, -0.2) is 55.9 Å². The Morgan fingerprint density at radius 2 is 0.750 bits per heavy atom. The zero-order valence-electron chi connectivity index (χ0n) is 13.1. The molecule has 0 aliphatic carbocycles. The fraction of sp³-hybridized carbons (Fsp3) is 1.00. The van der Waals surface area contributed by atoms with Crippen LogP contribution in [0.25, 0.3) is 0 Å². The molecule has 122 valence electrons. The molecular weight excluding hydrogens is 260 g/mol. The minimum atomic E-state index is -1.08. The summed E-state index contributed by atoms with van der Waals surface area (Å²) < 4.78 is 0. The van der Waals surface area contributed by atoms with Crippen LogP contribution in [0.2, 0.25) is 0 Å². The number of hydrogen-bond donors (Lipinski definition) is 6. The van der Waals surface area contributed by atoms with Crippen molar-refractivity contribution in [2.45, 2.75) is 88.9 Å². The van der Waals surface area contributed by atoms with E-state index in [0.29, 0.717) is 0 Å². The Morgan fingerprint density at radius 3 is 0.850 bits per heavy atom. The lowest BCUT2D eigenvalue weighted by Gasteiger charge is -2.49. The Bertz CT molecular complexity index is 232. The number of aliphatic hydroxyl groups excluding tert-OH is 4. The third kappa shape index (κ3) is 6.03. The Morgan fingerprint density at radius 1 is 0.600 bits per heavy atom. The van der Waals surface area contributed by atoms with Crippen molar-refractivity contribution in [1.29, 1.82) is 0 Å². The first-order valence-corrected chi connectivity index (χ1v) is 7.22. The summed E-state index contributed by atoms with van der Waals surface area (Å²) >= 11 is 0. The molecule has 0 aliphatic rings. The summed E-state index contributed by atoms with van der Waals surface area (Å²) in [5.74, 6) is 0. The normalized spacial score (nSPS) is 24.3. The van der Waals surface area contributed by atoms with Crippen LogP contribution in [0.5, 0.6) is 0 Å². The second-order valence-corrected chi connectivity index (χ2v) is 6.52. The second-order valence-electron chi connectivity index (χ2n) is 6.52. The van der Waals surface area contributed by atoms with E-state index in [1.807, 2.05) is 0 Å². The molecule has 4 atom stereocenters. The lowest BCUT2D eigenvalue weighted by molar-refractivity contribution is 0.0133. The first-order valence-electron chi connectivity index (χ1n) is 7.22. The van der Waals surface area contributed by atoms with Crippen LogP contribution in [0, 0.1) is 0 Å². The third-order valence-corrected chi connectivity index (χ3v) is 3.63. The van der Waals surface area contributed by atoms with E-state index in [1.165, 1.54) is 0 Å². The molecule has 8 N–H and O–H groups in total. The zero-order valence-corrected chi connectivity index (χ0v) is 13.1. The summed E-state index contributed by atoms with van der Waals surface area (Å²) in [4.78, 5) is 0. The Kier molecular flexibility index (Phi) is 7.59. The first-order chi connectivity index (χ1) is 8.92. The lowest BCUT2D eigenvalue weighted by atomic mass is 9.66. The van der Waals surface area contributed by atoms with Crippen molar-refractivity contribution in [3.63, 3.8) is 0 Å². The van der Waals surface area contributed by atoms with Crippen molar-refractivity contribution in [3.8, 4) is 0 Å². The van der Waals surface area contributed by atoms with E-state index in [2.05, 4.69) is 0 Å². The van der Waals surface area contributed by atoms with E-state index in [-0.39, 0.29) is 25.7 Å². The van der Waals surface area contributed by atoms with Crippen molar-refractivity contribution >= 4 is 0 Å². The largest absolute Gasteiger partial charge is 0.393 e. The Hall–Kier alpha value is -0.240. The monoisotopic (exact) mass is 292 g/mol. The van der Waals surface area contributed by atoms with Gasteiger partial charge < -0.3 is 31.9 Å². The minimum Gasteiger partial charge on any atom is -0.393 e. The lowest BCUT2D eigenvalue weighted by Crippen LogP contribution is -2.69. The molecule has 0 fully saturated rings. The summed E-state index contributed by atoms with van der Waals surface area (Å²) in [6, 6.07) is 0. The molecule has 0 amide bonds. The summed E-state index contributed by atoms with van der Waals surface area (Å²) in [5, 5.41) is 38.8. The minimum absolute atomic E-state index is 0.188. The summed E-state index contributed by atoms with van der Waals surface area (Å²) in [6.07, 6.45) is -2.01. The molecule has 6 heteroatoms. The fourth-order valence-corrected chi connectivity index (χ4v) is 3.09. The van der Waals surface area contributed by atoms with Crippen LogP contribution in [0.3, 0.4) is 0 Å². The molecule has 0 radical (unpaired) electrons. The van der Waals surface area contributed by atoms with E-state index in [1.54, 1.807) is 27.7 Å². The van der Waals surface area contributed by atoms with Gasteiger partial charge in [0, 0.05) is 11.1 Å². The molecule has 0 aromatic carbocycles. The highest BCUT2D eigenvalue weighted by atomic mass is 16.3. The molecule has 0 heterocycles. The third-order valence-electron chi connectivity index (χ3n) is 3.63. The SMILES string of the molecule is CC(O)CC(N)(CC(C)O)C(N)(CC(C)O)CC(C)O. The average Bonchev–Trinajstić information content (AvgIpc) is 2.10. The van der Waals surface area contributed by atoms with Gasteiger partial charge in [-0.25, -0.2) is 0 Å². The molecule has 0 rings (SSSR count). The van der Waals surface area contributed by atoms with E-state index in [9.17, 15) is 20.4 Å². The molecule has 0 spiro atoms. The molecule has 4 unspecified atom stereocenters. The van der Waals surface area contributed by atoms with Gasteiger partial charge in [-0.15, -0.1) is 0 Å². The van der Waals surface area contributed by atoms with Crippen LogP contribution >= 0.6 is 0 Å². The van der Waals surface area contributed by atoms with Gasteiger partial charge in [0.2, 0.25) is 0 Å². The highest BCUT2D eigenvalue weighted by molar-refractivity contribution is 5.09. The quantitative estimate of drug-likeness (QED) is 0.338. The van der Waals surface area contributed by atoms with Crippen molar-refractivity contribution < 1.29 is 20.4 Å². The van der Waals surface area contributed by atoms with Crippen LogP contribution in [0.15, 0.2) is 0 Å². The van der Waals surface area contributed by atoms with Gasteiger partial charge in [-0.3, -0.25) is 0 Å². The van der Waals surface area contributed by atoms with Gasteiger partial charge in [-0.2, -0.15) is 0 Å². The van der Waals surface area contributed by atoms with Gasteiger partial charge in [0.25, 0.3) is 0 Å². The molecule has 0 saturated heterocycles. The number of nitrogens with two attached hydrogens (primary N) is 2. The van der Waals surface area contributed by atoms with Crippen molar-refractivity contribution in [2.24, 2.45) is 11.5 Å². The molecule has 0 aromatic rings. The van der Waals surface area contributed by atoms with Crippen LogP contribution < -0.4 is 11.5 Å². The number of rotatable bonds is 9. The van der Waals surface area contributed by atoms with Gasteiger partial charge in [0.15, 0.2) is 0 Å². The highest BCUT2D eigenvalue weighted by Gasteiger charge is 2.48. The van der Waals surface area contributed by atoms with Crippen molar-refractivity contribution in [2.75, 3.05) is 0 Å². The maximum Gasteiger partial charge on any atom is 0.0530 e. The van der Waals surface area contributed by atoms with Gasteiger partial charge in [0.1, 0.15) is 0 Å². The molecule has 6 nitrogen and oxygen atoms in total. The molecule has 20 heavy (non-hydrogen) atoms. The van der Waals surface area contributed by atoms with Crippen molar-refractivity contribution in [1.82, 2.24) is 0 Å². The maximum atomic E-state index is 9.69. The highest BCUT2D eigenvalue weighted by Crippen LogP contribution is 2.35. The van der Waals surface area contributed by atoms with E-state index >= 15 is 0 Å².